The summed E-state index contributed by atoms with van der Waals surface area (Å²) in [6, 6.07) is 9.93. The van der Waals surface area contributed by atoms with Gasteiger partial charge in [-0.15, -0.1) is 0 Å². The van der Waals surface area contributed by atoms with Crippen LogP contribution in [0.2, 0.25) is 0 Å². The Morgan fingerprint density at radius 1 is 1.13 bits per heavy atom. The van der Waals surface area contributed by atoms with E-state index < -0.39 is 11.8 Å². The zero-order chi connectivity index (χ0) is 16.1. The first-order valence-electron chi connectivity index (χ1n) is 7.19. The highest BCUT2D eigenvalue weighted by Gasteiger charge is 2.23. The summed E-state index contributed by atoms with van der Waals surface area (Å²) in [5, 5.41) is 0.802. The Balaban J connectivity index is 2.20. The highest BCUT2D eigenvalue weighted by Crippen LogP contribution is 2.37. The molecule has 0 atom stereocenters. The van der Waals surface area contributed by atoms with Crippen LogP contribution in [0.5, 0.6) is 0 Å². The van der Waals surface area contributed by atoms with Crippen molar-refractivity contribution in [2.45, 2.75) is 6.92 Å². The molecule has 3 heterocycles. The molecule has 0 saturated carbocycles. The highest BCUT2D eigenvalue weighted by molar-refractivity contribution is 6.09. The van der Waals surface area contributed by atoms with Gasteiger partial charge in [-0.3, -0.25) is 0 Å². The summed E-state index contributed by atoms with van der Waals surface area (Å²) in [7, 11) is 1.91. The smallest absolute Gasteiger partial charge is 0.230 e. The quantitative estimate of drug-likeness (QED) is 0.392. The average molecular weight is 311 g/mol. The molecule has 114 valence electrons. The van der Waals surface area contributed by atoms with Crippen LogP contribution in [0.25, 0.3) is 33.3 Å². The Morgan fingerprint density at radius 2 is 1.96 bits per heavy atom. The number of aryl methyl sites for hydroxylation is 2. The van der Waals surface area contributed by atoms with Crippen molar-refractivity contribution in [3.8, 4) is 11.3 Å². The Labute approximate surface area is 130 Å². The molecule has 0 spiro atoms. The molecule has 1 aromatic carbocycles. The maximum absolute atomic E-state index is 14.5. The minimum absolute atomic E-state index is 0.101. The van der Waals surface area contributed by atoms with Gasteiger partial charge in [0, 0.05) is 12.1 Å². The SMILES string of the molecule is Cc1cc(F)c2c(oc3nc(F)ccc32)c1-c1cccc[n+]1C. The molecule has 0 aliphatic carbocycles. The molecule has 23 heavy (non-hydrogen) atoms. The van der Waals surface area contributed by atoms with E-state index in [0.717, 1.165) is 16.8 Å². The van der Waals surface area contributed by atoms with Crippen molar-refractivity contribution in [2.24, 2.45) is 7.05 Å². The number of fused-ring (bicyclic) bond motifs is 3. The maximum atomic E-state index is 14.5. The van der Waals surface area contributed by atoms with Crippen LogP contribution in [0.15, 0.2) is 47.0 Å². The summed E-state index contributed by atoms with van der Waals surface area (Å²) < 4.78 is 35.5. The molecular weight excluding hydrogens is 298 g/mol. The number of nitrogens with zero attached hydrogens (tertiary/aromatic N) is 2. The van der Waals surface area contributed by atoms with Gasteiger partial charge in [0.2, 0.25) is 17.4 Å². The first kappa shape index (κ1) is 13.8. The molecule has 3 nitrogen and oxygen atoms in total. The van der Waals surface area contributed by atoms with E-state index in [1.165, 1.54) is 18.2 Å². The fraction of sp³-hybridized carbons (Fsp3) is 0.111. The molecule has 4 rings (SSSR count). The van der Waals surface area contributed by atoms with E-state index in [9.17, 15) is 8.78 Å². The second kappa shape index (κ2) is 4.84. The molecule has 0 aliphatic heterocycles. The van der Waals surface area contributed by atoms with Crippen LogP contribution in [0.1, 0.15) is 5.56 Å². The number of halogens is 2. The number of benzene rings is 1. The minimum atomic E-state index is -0.652. The van der Waals surface area contributed by atoms with Gasteiger partial charge in [0.05, 0.1) is 16.3 Å². The summed E-state index contributed by atoms with van der Waals surface area (Å²) in [5.74, 6) is -1.05. The van der Waals surface area contributed by atoms with E-state index in [0.29, 0.717) is 16.4 Å². The van der Waals surface area contributed by atoms with Gasteiger partial charge in [-0.05, 0) is 36.8 Å². The van der Waals surface area contributed by atoms with Gasteiger partial charge < -0.3 is 4.42 Å². The topological polar surface area (TPSA) is 29.9 Å². The van der Waals surface area contributed by atoms with Crippen LogP contribution in [-0.2, 0) is 7.05 Å². The number of pyridine rings is 2. The summed E-state index contributed by atoms with van der Waals surface area (Å²) in [6.45, 7) is 1.83. The lowest BCUT2D eigenvalue weighted by molar-refractivity contribution is -0.660. The van der Waals surface area contributed by atoms with Crippen molar-refractivity contribution >= 4 is 22.1 Å². The predicted molar refractivity (Wildman–Crippen MR) is 82.8 cm³/mol. The summed E-state index contributed by atoms with van der Waals surface area (Å²) in [4.78, 5) is 3.73. The van der Waals surface area contributed by atoms with Gasteiger partial charge in [-0.1, -0.05) is 0 Å². The number of aromatic nitrogens is 2. The van der Waals surface area contributed by atoms with E-state index in [4.69, 9.17) is 4.42 Å². The summed E-state index contributed by atoms with van der Waals surface area (Å²) in [5.41, 5.74) is 2.90. The van der Waals surface area contributed by atoms with Gasteiger partial charge >= 0.3 is 0 Å². The normalized spacial score (nSPS) is 11.5. The lowest BCUT2D eigenvalue weighted by Gasteiger charge is -2.05. The first-order valence-corrected chi connectivity index (χ1v) is 7.19. The van der Waals surface area contributed by atoms with Gasteiger partial charge in [-0.25, -0.2) is 8.96 Å². The number of rotatable bonds is 1. The average Bonchev–Trinajstić information content (AvgIpc) is 2.87. The highest BCUT2D eigenvalue weighted by atomic mass is 19.1. The first-order chi connectivity index (χ1) is 11.1. The van der Waals surface area contributed by atoms with E-state index >= 15 is 0 Å². The second-order valence-corrected chi connectivity index (χ2v) is 5.54. The Morgan fingerprint density at radius 3 is 2.74 bits per heavy atom. The molecule has 0 bridgehead atoms. The third kappa shape index (κ3) is 2.00. The van der Waals surface area contributed by atoms with E-state index in [1.807, 2.05) is 42.9 Å². The van der Waals surface area contributed by atoms with Crippen LogP contribution in [-0.4, -0.2) is 4.98 Å². The van der Waals surface area contributed by atoms with Crippen LogP contribution < -0.4 is 4.57 Å². The number of hydrogen-bond acceptors (Lipinski definition) is 2. The minimum Gasteiger partial charge on any atom is -0.437 e. The van der Waals surface area contributed by atoms with Gasteiger partial charge in [0.25, 0.3) is 0 Å². The summed E-state index contributed by atoms with van der Waals surface area (Å²) >= 11 is 0. The monoisotopic (exact) mass is 311 g/mol. The molecule has 0 aliphatic rings. The summed E-state index contributed by atoms with van der Waals surface area (Å²) in [6.07, 6.45) is 1.91. The Kier molecular flexibility index (Phi) is 2.91. The molecule has 0 unspecified atom stereocenters. The fourth-order valence-electron chi connectivity index (χ4n) is 2.98. The lowest BCUT2D eigenvalue weighted by Crippen LogP contribution is -2.30. The zero-order valence-electron chi connectivity index (χ0n) is 12.6. The third-order valence-corrected chi connectivity index (χ3v) is 4.04. The van der Waals surface area contributed by atoms with Crippen LogP contribution >= 0.6 is 0 Å². The fourth-order valence-corrected chi connectivity index (χ4v) is 2.98. The Hall–Kier alpha value is -2.82. The number of furan rings is 1. The molecule has 3 aromatic heterocycles. The molecule has 5 heteroatoms. The maximum Gasteiger partial charge on any atom is 0.230 e. The Bertz CT molecular complexity index is 1070. The molecule has 0 fully saturated rings. The van der Waals surface area contributed by atoms with E-state index in [1.54, 1.807) is 0 Å². The molecule has 0 saturated heterocycles. The van der Waals surface area contributed by atoms with Crippen molar-refractivity contribution in [2.75, 3.05) is 0 Å². The largest absolute Gasteiger partial charge is 0.437 e. The van der Waals surface area contributed by atoms with Crippen molar-refractivity contribution < 1.29 is 17.8 Å². The van der Waals surface area contributed by atoms with Gasteiger partial charge in [0.1, 0.15) is 12.9 Å². The van der Waals surface area contributed by atoms with Crippen LogP contribution in [0.4, 0.5) is 8.78 Å². The standard InChI is InChI=1S/C18H13F2N2O/c1-10-9-12(19)16-11-6-7-14(20)21-18(11)23-17(16)15(10)13-5-3-4-8-22(13)2/h3-9H,1-2H3/q+1. The molecule has 0 radical (unpaired) electrons. The van der Waals surface area contributed by atoms with Crippen molar-refractivity contribution in [1.29, 1.82) is 0 Å². The molecule has 0 N–H and O–H groups in total. The van der Waals surface area contributed by atoms with Gasteiger partial charge in [-0.2, -0.15) is 9.37 Å². The second-order valence-electron chi connectivity index (χ2n) is 5.54. The van der Waals surface area contributed by atoms with Crippen molar-refractivity contribution in [3.05, 3.63) is 59.9 Å². The van der Waals surface area contributed by atoms with E-state index in [-0.39, 0.29) is 5.71 Å². The third-order valence-electron chi connectivity index (χ3n) is 4.04. The van der Waals surface area contributed by atoms with Gasteiger partial charge in [0.15, 0.2) is 11.8 Å². The van der Waals surface area contributed by atoms with Crippen LogP contribution in [0, 0.1) is 18.7 Å². The predicted octanol–water partition coefficient (Wildman–Crippen LogP) is 4.06. The molecule has 4 aromatic rings. The lowest BCUT2D eigenvalue weighted by atomic mass is 10.0. The number of hydrogen-bond donors (Lipinski definition) is 0. The van der Waals surface area contributed by atoms with Crippen molar-refractivity contribution in [1.82, 2.24) is 4.98 Å². The van der Waals surface area contributed by atoms with Crippen molar-refractivity contribution in [3.63, 3.8) is 0 Å². The molecular formula is C18H13F2N2O+. The molecule has 0 amide bonds. The van der Waals surface area contributed by atoms with Crippen LogP contribution in [0.3, 0.4) is 0 Å². The zero-order valence-corrected chi connectivity index (χ0v) is 12.6. The van der Waals surface area contributed by atoms with E-state index in [2.05, 4.69) is 4.98 Å².